The Balaban J connectivity index is 1.33. The van der Waals surface area contributed by atoms with E-state index in [1.807, 2.05) is 6.07 Å². The van der Waals surface area contributed by atoms with Crippen LogP contribution in [0.15, 0.2) is 60.9 Å². The number of rotatable bonds is 5. The van der Waals surface area contributed by atoms with Gasteiger partial charge in [0.15, 0.2) is 0 Å². The number of amides is 1. The third-order valence-corrected chi connectivity index (χ3v) is 4.93. The number of halogens is 1. The lowest BCUT2D eigenvalue weighted by molar-refractivity contribution is 0.0953. The summed E-state index contributed by atoms with van der Waals surface area (Å²) in [5.41, 5.74) is 4.06. The summed E-state index contributed by atoms with van der Waals surface area (Å²) >= 11 is 0. The molecule has 1 aromatic heterocycles. The first-order chi connectivity index (χ1) is 13.7. The lowest BCUT2D eigenvalue weighted by Crippen LogP contribution is -2.32. The minimum absolute atomic E-state index is 0.211. The maximum Gasteiger partial charge on any atom is 0.254 e. The fourth-order valence-corrected chi connectivity index (χ4v) is 3.34. The molecule has 0 bridgehead atoms. The van der Waals surface area contributed by atoms with Crippen molar-refractivity contribution in [1.29, 1.82) is 0 Å². The zero-order valence-corrected chi connectivity index (χ0v) is 15.4. The van der Waals surface area contributed by atoms with Gasteiger partial charge in [-0.1, -0.05) is 36.4 Å². The summed E-state index contributed by atoms with van der Waals surface area (Å²) in [5.74, 6) is 0.164. The molecule has 1 N–H and O–H groups in total. The van der Waals surface area contributed by atoms with Crippen LogP contribution in [0.4, 0.5) is 10.3 Å². The van der Waals surface area contributed by atoms with Crippen LogP contribution in [-0.4, -0.2) is 29.0 Å². The topological polar surface area (TPSA) is 58.1 Å². The van der Waals surface area contributed by atoms with Crippen LogP contribution in [0.2, 0.25) is 0 Å². The van der Waals surface area contributed by atoms with Crippen molar-refractivity contribution in [2.45, 2.75) is 19.4 Å². The smallest absolute Gasteiger partial charge is 0.254 e. The van der Waals surface area contributed by atoms with E-state index in [0.717, 1.165) is 25.1 Å². The Kier molecular flexibility index (Phi) is 5.28. The number of aromatic nitrogens is 2. The minimum atomic E-state index is -0.262. The van der Waals surface area contributed by atoms with E-state index in [9.17, 15) is 9.18 Å². The molecule has 142 valence electrons. The summed E-state index contributed by atoms with van der Waals surface area (Å²) in [6, 6.07) is 14.7. The highest BCUT2D eigenvalue weighted by molar-refractivity contribution is 5.93. The molecule has 0 radical (unpaired) electrons. The number of carbonyl (C=O) groups excluding carboxylic acids is 1. The molecule has 6 heteroatoms. The second-order valence-corrected chi connectivity index (χ2v) is 6.84. The van der Waals surface area contributed by atoms with Gasteiger partial charge >= 0.3 is 0 Å². The van der Waals surface area contributed by atoms with Gasteiger partial charge in [0.05, 0.1) is 5.56 Å². The van der Waals surface area contributed by atoms with Crippen molar-refractivity contribution in [2.24, 2.45) is 0 Å². The number of hydrogen-bond acceptors (Lipinski definition) is 4. The summed E-state index contributed by atoms with van der Waals surface area (Å²) in [4.78, 5) is 23.2. The van der Waals surface area contributed by atoms with Gasteiger partial charge in [0.2, 0.25) is 5.95 Å². The van der Waals surface area contributed by atoms with Gasteiger partial charge in [-0.2, -0.15) is 0 Å². The second-order valence-electron chi connectivity index (χ2n) is 6.84. The molecule has 0 spiro atoms. The van der Waals surface area contributed by atoms with E-state index in [0.29, 0.717) is 24.5 Å². The van der Waals surface area contributed by atoms with E-state index in [4.69, 9.17) is 0 Å². The third-order valence-electron chi connectivity index (χ3n) is 4.93. The first-order valence-electron chi connectivity index (χ1n) is 9.35. The SMILES string of the molecule is O=C(NCCc1ccc(F)cc1)c1cnc(N2CCc3ccccc3C2)nc1. The molecule has 0 saturated heterocycles. The van der Waals surface area contributed by atoms with Crippen molar-refractivity contribution < 1.29 is 9.18 Å². The third kappa shape index (κ3) is 4.17. The van der Waals surface area contributed by atoms with E-state index < -0.39 is 0 Å². The van der Waals surface area contributed by atoms with Crippen molar-refractivity contribution in [1.82, 2.24) is 15.3 Å². The molecular formula is C22H21FN4O. The molecule has 2 aromatic carbocycles. The number of benzene rings is 2. The average molecular weight is 376 g/mol. The summed E-state index contributed by atoms with van der Waals surface area (Å²) in [7, 11) is 0. The Morgan fingerprint density at radius 3 is 2.50 bits per heavy atom. The maximum absolute atomic E-state index is 12.9. The van der Waals surface area contributed by atoms with Gasteiger partial charge in [-0.3, -0.25) is 4.79 Å². The van der Waals surface area contributed by atoms with Gasteiger partial charge in [0.25, 0.3) is 5.91 Å². The predicted octanol–water partition coefficient (Wildman–Crippen LogP) is 3.15. The van der Waals surface area contributed by atoms with Gasteiger partial charge in [0.1, 0.15) is 5.82 Å². The monoisotopic (exact) mass is 376 g/mol. The molecular weight excluding hydrogens is 355 g/mol. The normalized spacial score (nSPS) is 13.1. The molecule has 4 rings (SSSR count). The number of hydrogen-bond donors (Lipinski definition) is 1. The summed E-state index contributed by atoms with van der Waals surface area (Å²) in [6.07, 6.45) is 4.73. The molecule has 1 aliphatic rings. The van der Waals surface area contributed by atoms with E-state index in [1.165, 1.54) is 23.3 Å². The van der Waals surface area contributed by atoms with Crippen LogP contribution in [0.1, 0.15) is 27.0 Å². The van der Waals surface area contributed by atoms with Crippen molar-refractivity contribution in [3.63, 3.8) is 0 Å². The molecule has 2 heterocycles. The molecule has 0 fully saturated rings. The van der Waals surface area contributed by atoms with Crippen LogP contribution in [0.3, 0.4) is 0 Å². The molecule has 0 atom stereocenters. The van der Waals surface area contributed by atoms with Crippen LogP contribution >= 0.6 is 0 Å². The van der Waals surface area contributed by atoms with Gasteiger partial charge in [-0.15, -0.1) is 0 Å². The lowest BCUT2D eigenvalue weighted by Gasteiger charge is -2.28. The summed E-state index contributed by atoms with van der Waals surface area (Å²) < 4.78 is 12.9. The van der Waals surface area contributed by atoms with Crippen LogP contribution in [0.25, 0.3) is 0 Å². The van der Waals surface area contributed by atoms with Crippen LogP contribution in [0, 0.1) is 5.82 Å². The Morgan fingerprint density at radius 1 is 1.04 bits per heavy atom. The Morgan fingerprint density at radius 2 is 1.75 bits per heavy atom. The number of carbonyl (C=O) groups is 1. The van der Waals surface area contributed by atoms with E-state index >= 15 is 0 Å². The van der Waals surface area contributed by atoms with Gasteiger partial charge in [0, 0.05) is 32.0 Å². The summed E-state index contributed by atoms with van der Waals surface area (Å²) in [6.45, 7) is 2.11. The first-order valence-corrected chi connectivity index (χ1v) is 9.35. The molecule has 3 aromatic rings. The van der Waals surface area contributed by atoms with Gasteiger partial charge in [-0.25, -0.2) is 14.4 Å². The standard InChI is InChI=1S/C22H21FN4O/c23-20-7-5-16(6-8-20)9-11-24-21(28)19-13-25-22(26-14-19)27-12-10-17-3-1-2-4-18(17)15-27/h1-8,13-14H,9-12,15H2,(H,24,28). The van der Waals surface area contributed by atoms with Crippen molar-refractivity contribution in [3.8, 4) is 0 Å². The molecule has 0 aliphatic carbocycles. The van der Waals surface area contributed by atoms with Crippen LogP contribution in [0.5, 0.6) is 0 Å². The van der Waals surface area contributed by atoms with E-state index in [-0.39, 0.29) is 11.7 Å². The minimum Gasteiger partial charge on any atom is -0.352 e. The van der Waals surface area contributed by atoms with Crippen molar-refractivity contribution >= 4 is 11.9 Å². The fourth-order valence-electron chi connectivity index (χ4n) is 3.34. The maximum atomic E-state index is 12.9. The summed E-state index contributed by atoms with van der Waals surface area (Å²) in [5, 5.41) is 2.85. The number of anilines is 1. The molecule has 1 aliphatic heterocycles. The van der Waals surface area contributed by atoms with Crippen LogP contribution in [-0.2, 0) is 19.4 Å². The average Bonchev–Trinajstić information content (AvgIpc) is 2.75. The first kappa shape index (κ1) is 18.1. The van der Waals surface area contributed by atoms with E-state index in [1.54, 1.807) is 24.5 Å². The largest absolute Gasteiger partial charge is 0.352 e. The predicted molar refractivity (Wildman–Crippen MR) is 106 cm³/mol. The highest BCUT2D eigenvalue weighted by Crippen LogP contribution is 2.21. The van der Waals surface area contributed by atoms with Crippen molar-refractivity contribution in [2.75, 3.05) is 18.0 Å². The zero-order chi connectivity index (χ0) is 19.3. The zero-order valence-electron chi connectivity index (χ0n) is 15.4. The molecule has 5 nitrogen and oxygen atoms in total. The quantitative estimate of drug-likeness (QED) is 0.743. The second kappa shape index (κ2) is 8.17. The van der Waals surface area contributed by atoms with Gasteiger partial charge in [-0.05, 0) is 41.7 Å². The molecule has 0 unspecified atom stereocenters. The number of nitrogens with one attached hydrogen (secondary N) is 1. The fraction of sp³-hybridized carbons (Fsp3) is 0.227. The van der Waals surface area contributed by atoms with E-state index in [2.05, 4.69) is 38.4 Å². The Labute approximate surface area is 163 Å². The van der Waals surface area contributed by atoms with Gasteiger partial charge < -0.3 is 10.2 Å². The molecule has 1 amide bonds. The highest BCUT2D eigenvalue weighted by Gasteiger charge is 2.18. The van der Waals surface area contributed by atoms with Crippen molar-refractivity contribution in [3.05, 3.63) is 89.0 Å². The molecule has 28 heavy (non-hydrogen) atoms. The Hall–Kier alpha value is -3.28. The number of nitrogens with zero attached hydrogens (tertiary/aromatic N) is 3. The highest BCUT2D eigenvalue weighted by atomic mass is 19.1. The lowest BCUT2D eigenvalue weighted by atomic mass is 10.0. The Bertz CT molecular complexity index is 957. The molecule has 0 saturated carbocycles. The van der Waals surface area contributed by atoms with Crippen LogP contribution < -0.4 is 10.2 Å². The number of fused-ring (bicyclic) bond motifs is 1.